The third-order valence-electron chi connectivity index (χ3n) is 3.54. The van der Waals surface area contributed by atoms with E-state index in [4.69, 9.17) is 4.74 Å². The number of carbonyl (C=O) groups excluding carboxylic acids is 1. The zero-order valence-corrected chi connectivity index (χ0v) is 15.4. The predicted octanol–water partition coefficient (Wildman–Crippen LogP) is 4.58. The molecule has 25 heavy (non-hydrogen) atoms. The summed E-state index contributed by atoms with van der Waals surface area (Å²) in [5, 5.41) is 6.17. The normalized spacial score (nSPS) is 10.8. The first-order valence-electron chi connectivity index (χ1n) is 8.72. The van der Waals surface area contributed by atoms with E-state index in [-0.39, 0.29) is 12.0 Å². The Labute approximate surface area is 149 Å². The highest BCUT2D eigenvalue weighted by Gasteiger charge is 2.11. The van der Waals surface area contributed by atoms with Crippen LogP contribution in [0.2, 0.25) is 0 Å². The molecule has 134 valence electrons. The topological polar surface area (TPSA) is 63.2 Å². The van der Waals surface area contributed by atoms with Crippen molar-refractivity contribution in [2.24, 2.45) is 5.92 Å². The summed E-state index contributed by atoms with van der Waals surface area (Å²) in [4.78, 5) is 16.7. The summed E-state index contributed by atoms with van der Waals surface area (Å²) in [6.07, 6.45) is 2.81. The van der Waals surface area contributed by atoms with Gasteiger partial charge in [-0.15, -0.1) is 0 Å². The molecule has 2 rings (SSSR count). The van der Waals surface area contributed by atoms with E-state index in [1.807, 2.05) is 44.2 Å². The maximum Gasteiger partial charge on any atom is 0.274 e. The van der Waals surface area contributed by atoms with Gasteiger partial charge < -0.3 is 15.4 Å². The van der Waals surface area contributed by atoms with Crippen LogP contribution in [-0.2, 0) is 0 Å². The van der Waals surface area contributed by atoms with Crippen LogP contribution in [0.5, 0.6) is 5.75 Å². The van der Waals surface area contributed by atoms with E-state index >= 15 is 0 Å². The van der Waals surface area contributed by atoms with Crippen molar-refractivity contribution in [1.29, 1.82) is 0 Å². The SMILES string of the molecule is CC(C)CCNc1ccc(C(=O)Nc2ccccc2OC(C)C)nc1. The van der Waals surface area contributed by atoms with Crippen LogP contribution in [-0.4, -0.2) is 23.5 Å². The molecule has 0 fully saturated rings. The third kappa shape index (κ3) is 6.10. The molecule has 0 aliphatic carbocycles. The molecule has 0 atom stereocenters. The molecule has 1 aromatic carbocycles. The van der Waals surface area contributed by atoms with Crippen LogP contribution in [0.15, 0.2) is 42.6 Å². The van der Waals surface area contributed by atoms with Crippen LogP contribution in [0.3, 0.4) is 0 Å². The molecule has 0 aliphatic heterocycles. The number of nitrogens with one attached hydrogen (secondary N) is 2. The minimum absolute atomic E-state index is 0.0346. The summed E-state index contributed by atoms with van der Waals surface area (Å²) >= 11 is 0. The molecule has 0 bridgehead atoms. The maximum absolute atomic E-state index is 12.4. The number of para-hydroxylation sites is 2. The molecule has 2 N–H and O–H groups in total. The molecular formula is C20H27N3O2. The number of carbonyl (C=O) groups is 1. The molecule has 0 saturated carbocycles. The van der Waals surface area contributed by atoms with Crippen molar-refractivity contribution in [2.45, 2.75) is 40.2 Å². The summed E-state index contributed by atoms with van der Waals surface area (Å²) in [5.74, 6) is 1.05. The molecular weight excluding hydrogens is 314 g/mol. The predicted molar refractivity (Wildman–Crippen MR) is 102 cm³/mol. The third-order valence-corrected chi connectivity index (χ3v) is 3.54. The average molecular weight is 341 g/mol. The summed E-state index contributed by atoms with van der Waals surface area (Å²) in [6, 6.07) is 11.0. The lowest BCUT2D eigenvalue weighted by molar-refractivity contribution is 0.102. The van der Waals surface area contributed by atoms with E-state index in [2.05, 4.69) is 29.5 Å². The summed E-state index contributed by atoms with van der Waals surface area (Å²) in [6.45, 7) is 9.17. The molecule has 0 radical (unpaired) electrons. The Kier molecular flexibility index (Phi) is 6.81. The van der Waals surface area contributed by atoms with Crippen molar-refractivity contribution < 1.29 is 9.53 Å². The zero-order valence-electron chi connectivity index (χ0n) is 15.4. The van der Waals surface area contributed by atoms with Crippen molar-refractivity contribution >= 4 is 17.3 Å². The van der Waals surface area contributed by atoms with E-state index in [1.54, 1.807) is 12.3 Å². The number of aromatic nitrogens is 1. The smallest absolute Gasteiger partial charge is 0.274 e. The standard InChI is InChI=1S/C20H27N3O2/c1-14(2)11-12-21-16-9-10-18(22-13-16)20(24)23-17-7-5-6-8-19(17)25-15(3)4/h5-10,13-15,21H,11-12H2,1-4H3,(H,23,24). The molecule has 2 aromatic rings. The van der Waals surface area contributed by atoms with Crippen molar-refractivity contribution in [2.75, 3.05) is 17.2 Å². The molecule has 5 nitrogen and oxygen atoms in total. The summed E-state index contributed by atoms with van der Waals surface area (Å²) in [5.41, 5.74) is 1.93. The second kappa shape index (κ2) is 9.06. The van der Waals surface area contributed by atoms with E-state index in [1.165, 1.54) is 0 Å². The molecule has 0 unspecified atom stereocenters. The van der Waals surface area contributed by atoms with E-state index in [9.17, 15) is 4.79 Å². The molecule has 1 heterocycles. The summed E-state index contributed by atoms with van der Waals surface area (Å²) in [7, 11) is 0. The van der Waals surface area contributed by atoms with Gasteiger partial charge in [-0.05, 0) is 50.5 Å². The number of anilines is 2. The second-order valence-electron chi connectivity index (χ2n) is 6.66. The van der Waals surface area contributed by atoms with Crippen molar-refractivity contribution in [3.8, 4) is 5.75 Å². The van der Waals surface area contributed by atoms with Crippen molar-refractivity contribution in [3.63, 3.8) is 0 Å². The fourth-order valence-corrected chi connectivity index (χ4v) is 2.25. The molecule has 0 saturated heterocycles. The zero-order chi connectivity index (χ0) is 18.2. The van der Waals surface area contributed by atoms with Gasteiger partial charge in [0, 0.05) is 6.54 Å². The fourth-order valence-electron chi connectivity index (χ4n) is 2.25. The van der Waals surface area contributed by atoms with Gasteiger partial charge in [-0.1, -0.05) is 26.0 Å². The Morgan fingerprint density at radius 3 is 2.52 bits per heavy atom. The Bertz CT molecular complexity index is 682. The number of benzene rings is 1. The van der Waals surface area contributed by atoms with Crippen molar-refractivity contribution in [1.82, 2.24) is 4.98 Å². The maximum atomic E-state index is 12.4. The number of amides is 1. The number of hydrogen-bond donors (Lipinski definition) is 2. The van der Waals surface area contributed by atoms with Gasteiger partial charge in [0.05, 0.1) is 23.7 Å². The quantitative estimate of drug-likeness (QED) is 0.738. The lowest BCUT2D eigenvalue weighted by Gasteiger charge is -2.14. The van der Waals surface area contributed by atoms with Gasteiger partial charge in [-0.25, -0.2) is 4.98 Å². The molecule has 1 amide bonds. The number of ether oxygens (including phenoxy) is 1. The lowest BCUT2D eigenvalue weighted by Crippen LogP contribution is -2.16. The Morgan fingerprint density at radius 2 is 1.88 bits per heavy atom. The van der Waals surface area contributed by atoms with E-state index < -0.39 is 0 Å². The molecule has 0 spiro atoms. The van der Waals surface area contributed by atoms with Gasteiger partial charge in [0.15, 0.2) is 0 Å². The van der Waals surface area contributed by atoms with Gasteiger partial charge in [0.1, 0.15) is 11.4 Å². The van der Waals surface area contributed by atoms with Crippen molar-refractivity contribution in [3.05, 3.63) is 48.3 Å². The molecule has 5 heteroatoms. The van der Waals surface area contributed by atoms with Gasteiger partial charge >= 0.3 is 0 Å². The lowest BCUT2D eigenvalue weighted by atomic mass is 10.1. The minimum atomic E-state index is -0.256. The first-order valence-corrected chi connectivity index (χ1v) is 8.72. The second-order valence-corrected chi connectivity index (χ2v) is 6.66. The fraction of sp³-hybridized carbons (Fsp3) is 0.400. The highest BCUT2D eigenvalue weighted by Crippen LogP contribution is 2.25. The largest absolute Gasteiger partial charge is 0.489 e. The van der Waals surface area contributed by atoms with Gasteiger partial charge in [0.25, 0.3) is 5.91 Å². The number of hydrogen-bond acceptors (Lipinski definition) is 4. The first-order chi connectivity index (χ1) is 12.0. The van der Waals surface area contributed by atoms with E-state index in [0.29, 0.717) is 23.0 Å². The van der Waals surface area contributed by atoms with Crippen LogP contribution in [0.1, 0.15) is 44.6 Å². The average Bonchev–Trinajstić information content (AvgIpc) is 2.56. The van der Waals surface area contributed by atoms with E-state index in [0.717, 1.165) is 18.7 Å². The Balaban J connectivity index is 1.99. The van der Waals surface area contributed by atoms with Crippen LogP contribution < -0.4 is 15.4 Å². The highest BCUT2D eigenvalue weighted by atomic mass is 16.5. The Hall–Kier alpha value is -2.56. The van der Waals surface area contributed by atoms with Gasteiger partial charge in [-0.3, -0.25) is 4.79 Å². The molecule has 0 aliphatic rings. The highest BCUT2D eigenvalue weighted by molar-refractivity contribution is 6.03. The van der Waals surface area contributed by atoms with Gasteiger partial charge in [0.2, 0.25) is 0 Å². The van der Waals surface area contributed by atoms with Gasteiger partial charge in [-0.2, -0.15) is 0 Å². The number of rotatable bonds is 8. The van der Waals surface area contributed by atoms with Crippen LogP contribution in [0.25, 0.3) is 0 Å². The van der Waals surface area contributed by atoms with Crippen LogP contribution in [0, 0.1) is 5.92 Å². The minimum Gasteiger partial charge on any atom is -0.489 e. The molecule has 1 aromatic heterocycles. The number of nitrogens with zero attached hydrogens (tertiary/aromatic N) is 1. The number of pyridine rings is 1. The monoisotopic (exact) mass is 341 g/mol. The first kappa shape index (κ1) is 18.8. The Morgan fingerprint density at radius 1 is 1.12 bits per heavy atom. The van der Waals surface area contributed by atoms with Crippen LogP contribution in [0.4, 0.5) is 11.4 Å². The summed E-state index contributed by atoms with van der Waals surface area (Å²) < 4.78 is 5.72. The van der Waals surface area contributed by atoms with Crippen LogP contribution >= 0.6 is 0 Å².